The third kappa shape index (κ3) is 6.68. The topological polar surface area (TPSA) is 50.9 Å². The first kappa shape index (κ1) is 15.0. The lowest BCUT2D eigenvalue weighted by atomic mass is 10.1. The number of hydrogen-bond acceptors (Lipinski definition) is 3. The van der Waals surface area contributed by atoms with Crippen LogP contribution >= 0.6 is 0 Å². The van der Waals surface area contributed by atoms with Gasteiger partial charge in [0.25, 0.3) is 0 Å². The van der Waals surface area contributed by atoms with Crippen molar-refractivity contribution in [3.63, 3.8) is 0 Å². The number of hydrogen-bond donors (Lipinski definition) is 1. The first-order valence-corrected chi connectivity index (χ1v) is 7.34. The van der Waals surface area contributed by atoms with Crippen molar-refractivity contribution in [1.82, 2.24) is 5.32 Å². The number of rotatable bonds is 10. The van der Waals surface area contributed by atoms with Gasteiger partial charge in [-0.15, -0.1) is 0 Å². The minimum Gasteiger partial charge on any atom is -0.379 e. The van der Waals surface area contributed by atoms with Crippen LogP contribution in [0.25, 0.3) is 0 Å². The molecule has 1 fully saturated rings. The second-order valence-corrected chi connectivity index (χ2v) is 5.07. The molecule has 20 heavy (non-hydrogen) atoms. The molecule has 0 spiro atoms. The largest absolute Gasteiger partial charge is 0.379 e. The van der Waals surface area contributed by atoms with Crippen LogP contribution in [-0.4, -0.2) is 38.4 Å². The van der Waals surface area contributed by atoms with E-state index in [1.165, 1.54) is 5.56 Å². The molecule has 110 valence electrons. The molecule has 1 saturated heterocycles. The number of carbonyl (C=O) groups excluding carboxylic acids is 1. The van der Waals surface area contributed by atoms with Gasteiger partial charge < -0.3 is 14.8 Å². The van der Waals surface area contributed by atoms with E-state index in [1.54, 1.807) is 0 Å². The molecule has 1 aromatic rings. The molecule has 1 unspecified atom stereocenters. The molecule has 0 aromatic heterocycles. The number of ether oxygens (including phenoxy) is 2. The smallest absolute Gasteiger partial charge is 0.220 e. The van der Waals surface area contributed by atoms with Gasteiger partial charge in [-0.3, -0.25) is 4.79 Å². The van der Waals surface area contributed by atoms with E-state index in [0.717, 1.165) is 39.0 Å². The lowest BCUT2D eigenvalue weighted by molar-refractivity contribution is -0.121. The number of benzene rings is 1. The normalized spacial score (nSPS) is 16.9. The van der Waals surface area contributed by atoms with Gasteiger partial charge in [0.1, 0.15) is 6.10 Å². The molecule has 0 saturated carbocycles. The first-order chi connectivity index (χ1) is 9.84. The van der Waals surface area contributed by atoms with E-state index >= 15 is 0 Å². The summed E-state index contributed by atoms with van der Waals surface area (Å²) in [5.41, 5.74) is 1.21. The van der Waals surface area contributed by atoms with Gasteiger partial charge in [-0.25, -0.2) is 0 Å². The fourth-order valence-corrected chi connectivity index (χ4v) is 1.93. The molecule has 1 N–H and O–H groups in total. The maximum absolute atomic E-state index is 11.6. The predicted octanol–water partition coefficient (Wildman–Crippen LogP) is 1.93. The lowest BCUT2D eigenvalue weighted by Crippen LogP contribution is -2.24. The van der Waals surface area contributed by atoms with Gasteiger partial charge in [0.2, 0.25) is 5.91 Å². The van der Waals surface area contributed by atoms with Crippen molar-refractivity contribution < 1.29 is 14.3 Å². The highest BCUT2D eigenvalue weighted by atomic mass is 16.6. The minimum atomic E-state index is 0.126. The zero-order valence-electron chi connectivity index (χ0n) is 11.8. The van der Waals surface area contributed by atoms with Crippen molar-refractivity contribution in [2.45, 2.75) is 31.8 Å². The summed E-state index contributed by atoms with van der Waals surface area (Å²) in [6.07, 6.45) is 3.64. The predicted molar refractivity (Wildman–Crippen MR) is 77.6 cm³/mol. The zero-order valence-corrected chi connectivity index (χ0v) is 11.8. The Kier molecular flexibility index (Phi) is 6.54. The summed E-state index contributed by atoms with van der Waals surface area (Å²) in [5.74, 6) is 0.126. The summed E-state index contributed by atoms with van der Waals surface area (Å²) in [5, 5.41) is 2.95. The van der Waals surface area contributed by atoms with E-state index in [9.17, 15) is 4.79 Å². The van der Waals surface area contributed by atoms with E-state index in [4.69, 9.17) is 9.47 Å². The number of carbonyl (C=O) groups is 1. The first-order valence-electron chi connectivity index (χ1n) is 7.34. The fraction of sp³-hybridized carbons (Fsp3) is 0.562. The van der Waals surface area contributed by atoms with Crippen molar-refractivity contribution in [3.05, 3.63) is 35.9 Å². The Morgan fingerprint density at radius 3 is 2.85 bits per heavy atom. The van der Waals surface area contributed by atoms with Gasteiger partial charge in [-0.2, -0.15) is 0 Å². The molecule has 1 aliphatic heterocycles. The van der Waals surface area contributed by atoms with Gasteiger partial charge in [-0.05, 0) is 24.8 Å². The Bertz CT molecular complexity index is 390. The van der Waals surface area contributed by atoms with E-state index in [1.807, 2.05) is 30.3 Å². The van der Waals surface area contributed by atoms with Crippen LogP contribution in [0.15, 0.2) is 30.3 Å². The van der Waals surface area contributed by atoms with Crippen molar-refractivity contribution in [2.75, 3.05) is 26.4 Å². The standard InChI is InChI=1S/C16H23NO3/c18-16(9-8-14-6-2-1-3-7-14)17-10-4-5-11-19-12-15-13-20-15/h1-3,6-7,15H,4-5,8-13H2,(H,17,18). The van der Waals surface area contributed by atoms with E-state index < -0.39 is 0 Å². The molecular formula is C16H23NO3. The van der Waals surface area contributed by atoms with E-state index in [0.29, 0.717) is 19.1 Å². The Labute approximate surface area is 120 Å². The highest BCUT2D eigenvalue weighted by molar-refractivity contribution is 5.76. The Balaban J connectivity index is 1.41. The van der Waals surface area contributed by atoms with Crippen LogP contribution in [0.4, 0.5) is 0 Å². The molecule has 2 rings (SSSR count). The maximum atomic E-state index is 11.6. The number of epoxide rings is 1. The lowest BCUT2D eigenvalue weighted by Gasteiger charge is -2.06. The minimum absolute atomic E-state index is 0.126. The summed E-state index contributed by atoms with van der Waals surface area (Å²) in [7, 11) is 0. The SMILES string of the molecule is O=C(CCc1ccccc1)NCCCCOCC1CO1. The third-order valence-corrected chi connectivity index (χ3v) is 3.23. The molecule has 1 aliphatic rings. The molecule has 4 heteroatoms. The molecule has 0 aliphatic carbocycles. The average molecular weight is 277 g/mol. The summed E-state index contributed by atoms with van der Waals surface area (Å²) in [6, 6.07) is 10.1. The van der Waals surface area contributed by atoms with Gasteiger partial charge in [0.15, 0.2) is 0 Å². The molecule has 1 atom stereocenters. The van der Waals surface area contributed by atoms with Crippen LogP contribution in [0.3, 0.4) is 0 Å². The van der Waals surface area contributed by atoms with E-state index in [-0.39, 0.29) is 5.91 Å². The van der Waals surface area contributed by atoms with Gasteiger partial charge in [0.05, 0.1) is 13.2 Å². The second-order valence-electron chi connectivity index (χ2n) is 5.07. The van der Waals surface area contributed by atoms with Crippen LogP contribution in [0.1, 0.15) is 24.8 Å². The van der Waals surface area contributed by atoms with Crippen molar-refractivity contribution in [2.24, 2.45) is 0 Å². The van der Waals surface area contributed by atoms with E-state index in [2.05, 4.69) is 5.32 Å². The van der Waals surface area contributed by atoms with Crippen LogP contribution in [0, 0.1) is 0 Å². The molecule has 1 heterocycles. The highest BCUT2D eigenvalue weighted by Gasteiger charge is 2.21. The van der Waals surface area contributed by atoms with Gasteiger partial charge in [0, 0.05) is 19.6 Å². The Morgan fingerprint density at radius 1 is 1.30 bits per heavy atom. The fourth-order valence-electron chi connectivity index (χ4n) is 1.93. The quantitative estimate of drug-likeness (QED) is 0.525. The zero-order chi connectivity index (χ0) is 14.0. The van der Waals surface area contributed by atoms with Crippen LogP contribution in [0.2, 0.25) is 0 Å². The monoisotopic (exact) mass is 277 g/mol. The van der Waals surface area contributed by atoms with Crippen LogP contribution in [0.5, 0.6) is 0 Å². The molecule has 1 aromatic carbocycles. The van der Waals surface area contributed by atoms with Crippen LogP contribution < -0.4 is 5.32 Å². The van der Waals surface area contributed by atoms with Crippen LogP contribution in [-0.2, 0) is 20.7 Å². The summed E-state index contributed by atoms with van der Waals surface area (Å²) in [4.78, 5) is 11.6. The number of unbranched alkanes of at least 4 members (excludes halogenated alkanes) is 1. The number of amides is 1. The molecular weight excluding hydrogens is 254 g/mol. The highest BCUT2D eigenvalue weighted by Crippen LogP contribution is 2.08. The number of aryl methyl sites for hydroxylation is 1. The number of nitrogens with one attached hydrogen (secondary N) is 1. The van der Waals surface area contributed by atoms with Gasteiger partial charge >= 0.3 is 0 Å². The molecule has 1 amide bonds. The Hall–Kier alpha value is -1.39. The summed E-state index contributed by atoms with van der Waals surface area (Å²) >= 11 is 0. The summed E-state index contributed by atoms with van der Waals surface area (Å²) < 4.78 is 10.5. The molecule has 4 nitrogen and oxygen atoms in total. The molecule has 0 radical (unpaired) electrons. The van der Waals surface area contributed by atoms with Crippen molar-refractivity contribution in [3.8, 4) is 0 Å². The average Bonchev–Trinajstić information content (AvgIpc) is 3.29. The molecule has 0 bridgehead atoms. The third-order valence-electron chi connectivity index (χ3n) is 3.23. The second kappa shape index (κ2) is 8.72. The van der Waals surface area contributed by atoms with Crippen molar-refractivity contribution in [1.29, 1.82) is 0 Å². The Morgan fingerprint density at radius 2 is 2.10 bits per heavy atom. The van der Waals surface area contributed by atoms with Crippen molar-refractivity contribution >= 4 is 5.91 Å². The van der Waals surface area contributed by atoms with Gasteiger partial charge in [-0.1, -0.05) is 30.3 Å². The maximum Gasteiger partial charge on any atom is 0.220 e. The summed E-state index contributed by atoms with van der Waals surface area (Å²) in [6.45, 7) is 3.04.